The summed E-state index contributed by atoms with van der Waals surface area (Å²) in [7, 11) is 1.62. The van der Waals surface area contributed by atoms with Gasteiger partial charge in [-0.05, 0) is 41.5 Å². The van der Waals surface area contributed by atoms with Crippen LogP contribution in [-0.2, 0) is 11.3 Å². The lowest BCUT2D eigenvalue weighted by Crippen LogP contribution is -2.20. The van der Waals surface area contributed by atoms with Crippen molar-refractivity contribution in [2.24, 2.45) is 0 Å². The average molecular weight is 268 g/mol. The van der Waals surface area contributed by atoms with Gasteiger partial charge in [0.25, 0.3) is 0 Å². The SMILES string of the molecule is COc1ccc(/C=C/C(=O)NCc2ccncc2)cc1. The number of carbonyl (C=O) groups excluding carboxylic acids is 1. The van der Waals surface area contributed by atoms with Gasteiger partial charge >= 0.3 is 0 Å². The quantitative estimate of drug-likeness (QED) is 0.847. The van der Waals surface area contributed by atoms with Crippen molar-refractivity contribution in [2.75, 3.05) is 7.11 Å². The van der Waals surface area contributed by atoms with Gasteiger partial charge in [0.2, 0.25) is 5.91 Å². The summed E-state index contributed by atoms with van der Waals surface area (Å²) >= 11 is 0. The van der Waals surface area contributed by atoms with E-state index in [2.05, 4.69) is 10.3 Å². The third-order valence-corrected chi connectivity index (χ3v) is 2.76. The molecule has 0 aliphatic rings. The van der Waals surface area contributed by atoms with Crippen molar-refractivity contribution in [1.82, 2.24) is 10.3 Å². The minimum absolute atomic E-state index is 0.127. The van der Waals surface area contributed by atoms with Crippen molar-refractivity contribution in [1.29, 1.82) is 0 Å². The van der Waals surface area contributed by atoms with Crippen LogP contribution in [0.15, 0.2) is 54.9 Å². The van der Waals surface area contributed by atoms with Crippen LogP contribution in [0.1, 0.15) is 11.1 Å². The summed E-state index contributed by atoms with van der Waals surface area (Å²) in [6, 6.07) is 11.2. The second kappa shape index (κ2) is 7.09. The molecule has 2 aromatic rings. The maximum absolute atomic E-state index is 11.7. The molecule has 4 nitrogen and oxygen atoms in total. The maximum atomic E-state index is 11.7. The summed E-state index contributed by atoms with van der Waals surface area (Å²) < 4.78 is 5.07. The Kier molecular flexibility index (Phi) is 4.89. The number of ether oxygens (including phenoxy) is 1. The molecule has 1 N–H and O–H groups in total. The monoisotopic (exact) mass is 268 g/mol. The smallest absolute Gasteiger partial charge is 0.244 e. The molecule has 0 unspecified atom stereocenters. The number of hydrogen-bond donors (Lipinski definition) is 1. The third-order valence-electron chi connectivity index (χ3n) is 2.76. The van der Waals surface area contributed by atoms with E-state index in [4.69, 9.17) is 4.74 Å². The van der Waals surface area contributed by atoms with Gasteiger partial charge in [-0.1, -0.05) is 12.1 Å². The lowest BCUT2D eigenvalue weighted by molar-refractivity contribution is -0.116. The zero-order valence-corrected chi connectivity index (χ0v) is 11.2. The molecule has 0 atom stereocenters. The van der Waals surface area contributed by atoms with Gasteiger partial charge in [-0.25, -0.2) is 0 Å². The molecule has 0 aliphatic carbocycles. The van der Waals surface area contributed by atoms with Gasteiger partial charge in [0.05, 0.1) is 7.11 Å². The number of nitrogens with one attached hydrogen (secondary N) is 1. The second-order valence-corrected chi connectivity index (χ2v) is 4.18. The van der Waals surface area contributed by atoms with Crippen molar-refractivity contribution >= 4 is 12.0 Å². The van der Waals surface area contributed by atoms with E-state index in [-0.39, 0.29) is 5.91 Å². The largest absolute Gasteiger partial charge is 0.497 e. The van der Waals surface area contributed by atoms with Crippen molar-refractivity contribution < 1.29 is 9.53 Å². The van der Waals surface area contributed by atoms with E-state index in [1.165, 1.54) is 6.08 Å². The topological polar surface area (TPSA) is 51.2 Å². The molecule has 0 radical (unpaired) electrons. The Labute approximate surface area is 118 Å². The Morgan fingerprint density at radius 1 is 1.20 bits per heavy atom. The van der Waals surface area contributed by atoms with Crippen molar-refractivity contribution in [2.45, 2.75) is 6.54 Å². The molecule has 20 heavy (non-hydrogen) atoms. The molecule has 2 rings (SSSR count). The zero-order valence-electron chi connectivity index (χ0n) is 11.2. The number of rotatable bonds is 5. The van der Waals surface area contributed by atoms with E-state index < -0.39 is 0 Å². The first-order valence-corrected chi connectivity index (χ1v) is 6.27. The predicted molar refractivity (Wildman–Crippen MR) is 78.1 cm³/mol. The first kappa shape index (κ1) is 13.8. The number of hydrogen-bond acceptors (Lipinski definition) is 3. The van der Waals surface area contributed by atoms with Crippen LogP contribution >= 0.6 is 0 Å². The Balaban J connectivity index is 1.85. The lowest BCUT2D eigenvalue weighted by Gasteiger charge is -2.02. The molecular formula is C16H16N2O2. The van der Waals surface area contributed by atoms with E-state index in [1.54, 1.807) is 25.6 Å². The number of methoxy groups -OCH3 is 1. The Morgan fingerprint density at radius 3 is 2.55 bits per heavy atom. The third kappa shape index (κ3) is 4.24. The summed E-state index contributed by atoms with van der Waals surface area (Å²) in [6.07, 6.45) is 6.69. The van der Waals surface area contributed by atoms with E-state index in [1.807, 2.05) is 36.4 Å². The van der Waals surface area contributed by atoms with Crippen LogP contribution in [0.3, 0.4) is 0 Å². The van der Waals surface area contributed by atoms with Gasteiger partial charge in [-0.2, -0.15) is 0 Å². The highest BCUT2D eigenvalue weighted by Crippen LogP contribution is 2.12. The van der Waals surface area contributed by atoms with Gasteiger partial charge in [0, 0.05) is 25.0 Å². The fourth-order valence-corrected chi connectivity index (χ4v) is 1.64. The van der Waals surface area contributed by atoms with E-state index in [9.17, 15) is 4.79 Å². The number of nitrogens with zero attached hydrogens (tertiary/aromatic N) is 1. The molecule has 1 heterocycles. The number of amides is 1. The van der Waals surface area contributed by atoms with E-state index in [0.29, 0.717) is 6.54 Å². The molecule has 0 fully saturated rings. The minimum atomic E-state index is -0.127. The van der Waals surface area contributed by atoms with Crippen molar-refractivity contribution in [3.05, 3.63) is 66.0 Å². The number of carbonyl (C=O) groups is 1. The molecule has 0 bridgehead atoms. The standard InChI is InChI=1S/C16H16N2O2/c1-20-15-5-2-13(3-6-15)4-7-16(19)18-12-14-8-10-17-11-9-14/h2-11H,12H2,1H3,(H,18,19)/b7-4+. The molecule has 1 aromatic heterocycles. The average Bonchev–Trinajstić information content (AvgIpc) is 2.52. The van der Waals surface area contributed by atoms with Gasteiger partial charge in [0.15, 0.2) is 0 Å². The molecule has 1 amide bonds. The van der Waals surface area contributed by atoms with Crippen LogP contribution in [0.2, 0.25) is 0 Å². The minimum Gasteiger partial charge on any atom is -0.497 e. The molecule has 0 saturated heterocycles. The molecule has 0 saturated carbocycles. The molecular weight excluding hydrogens is 252 g/mol. The van der Waals surface area contributed by atoms with E-state index >= 15 is 0 Å². The van der Waals surface area contributed by atoms with Crippen LogP contribution in [0.25, 0.3) is 6.08 Å². The first-order chi connectivity index (χ1) is 9.78. The normalized spacial score (nSPS) is 10.4. The highest BCUT2D eigenvalue weighted by atomic mass is 16.5. The second-order valence-electron chi connectivity index (χ2n) is 4.18. The first-order valence-electron chi connectivity index (χ1n) is 6.27. The summed E-state index contributed by atoms with van der Waals surface area (Å²) in [5, 5.41) is 2.81. The fourth-order valence-electron chi connectivity index (χ4n) is 1.64. The molecule has 4 heteroatoms. The number of aromatic nitrogens is 1. The van der Waals surface area contributed by atoms with Gasteiger partial charge in [-0.15, -0.1) is 0 Å². The fraction of sp³-hybridized carbons (Fsp3) is 0.125. The highest BCUT2D eigenvalue weighted by Gasteiger charge is 1.96. The molecule has 0 aliphatic heterocycles. The van der Waals surface area contributed by atoms with Crippen LogP contribution in [0.5, 0.6) is 5.75 Å². The van der Waals surface area contributed by atoms with Crippen LogP contribution in [0.4, 0.5) is 0 Å². The van der Waals surface area contributed by atoms with Crippen LogP contribution in [-0.4, -0.2) is 18.0 Å². The number of pyridine rings is 1. The summed E-state index contributed by atoms with van der Waals surface area (Å²) in [5.74, 6) is 0.668. The van der Waals surface area contributed by atoms with E-state index in [0.717, 1.165) is 16.9 Å². The van der Waals surface area contributed by atoms with Crippen molar-refractivity contribution in [3.63, 3.8) is 0 Å². The summed E-state index contributed by atoms with van der Waals surface area (Å²) in [5.41, 5.74) is 1.97. The van der Waals surface area contributed by atoms with Crippen LogP contribution in [0, 0.1) is 0 Å². The lowest BCUT2D eigenvalue weighted by atomic mass is 10.2. The summed E-state index contributed by atoms with van der Waals surface area (Å²) in [6.45, 7) is 0.494. The Hall–Kier alpha value is -2.62. The number of benzene rings is 1. The molecule has 102 valence electrons. The Bertz CT molecular complexity index is 577. The van der Waals surface area contributed by atoms with Crippen molar-refractivity contribution in [3.8, 4) is 5.75 Å². The zero-order chi connectivity index (χ0) is 14.2. The van der Waals surface area contributed by atoms with Gasteiger partial charge in [0.1, 0.15) is 5.75 Å². The van der Waals surface area contributed by atoms with Crippen LogP contribution < -0.4 is 10.1 Å². The molecule has 0 spiro atoms. The summed E-state index contributed by atoms with van der Waals surface area (Å²) in [4.78, 5) is 15.6. The Morgan fingerprint density at radius 2 is 1.90 bits per heavy atom. The predicted octanol–water partition coefficient (Wildman–Crippen LogP) is 2.42. The van der Waals surface area contributed by atoms with Gasteiger partial charge in [-0.3, -0.25) is 9.78 Å². The molecule has 1 aromatic carbocycles. The van der Waals surface area contributed by atoms with Gasteiger partial charge < -0.3 is 10.1 Å². The highest BCUT2D eigenvalue weighted by molar-refractivity contribution is 5.91. The maximum Gasteiger partial charge on any atom is 0.244 e.